The molecule has 1 fully saturated rings. The van der Waals surface area contributed by atoms with Gasteiger partial charge in [0.15, 0.2) is 6.10 Å². The number of likely N-dealkylation sites (tertiary alicyclic amines) is 1. The second-order valence-electron chi connectivity index (χ2n) is 12.8. The van der Waals surface area contributed by atoms with Crippen molar-refractivity contribution in [2.24, 2.45) is 0 Å². The van der Waals surface area contributed by atoms with E-state index in [1.165, 1.54) is 0 Å². The van der Waals surface area contributed by atoms with Gasteiger partial charge in [0.05, 0.1) is 12.7 Å². The van der Waals surface area contributed by atoms with Crippen LogP contribution in [0.3, 0.4) is 0 Å². The minimum absolute atomic E-state index is 0.0153. The molecule has 3 rings (SSSR count). The Balaban J connectivity index is 1.69. The molecule has 3 amide bonds. The number of nitrogens with one attached hydrogen (secondary N) is 1. The number of nitrogens with zero attached hydrogens (tertiary/aromatic N) is 1. The van der Waals surface area contributed by atoms with E-state index in [1.807, 2.05) is 67.6 Å². The molecular weight excluding hydrogens is 595 g/mol. The summed E-state index contributed by atoms with van der Waals surface area (Å²) in [4.78, 5) is 50.8. The molecule has 2 N–H and O–H groups in total. The van der Waals surface area contributed by atoms with E-state index >= 15 is 0 Å². The smallest absolute Gasteiger partial charge is 0.444 e. The van der Waals surface area contributed by atoms with Gasteiger partial charge in [-0.1, -0.05) is 60.7 Å². The van der Waals surface area contributed by atoms with Gasteiger partial charge in [0, 0.05) is 19.4 Å². The molecule has 1 heterocycles. The van der Waals surface area contributed by atoms with Crippen molar-refractivity contribution in [2.75, 3.05) is 19.3 Å². The number of alkyl carbamates (subject to hydrolysis) is 1. The first-order valence-electron chi connectivity index (χ1n) is 16.0. The molecular formula is C34H50N2O8P+. The van der Waals surface area contributed by atoms with E-state index in [4.69, 9.17) is 14.0 Å². The van der Waals surface area contributed by atoms with Crippen LogP contribution in [-0.2, 0) is 36.4 Å². The molecule has 2 aromatic carbocycles. The van der Waals surface area contributed by atoms with Crippen LogP contribution in [0.5, 0.6) is 0 Å². The predicted octanol–water partition coefficient (Wildman–Crippen LogP) is 7.14. The van der Waals surface area contributed by atoms with Crippen LogP contribution in [0, 0.1) is 0 Å². The SMILES string of the molecule is CC1CCC[N@@+]1(C(=O)OCc1ccccc1)C(=O)C(CCCCNC(=O)OC(C)(C)C)OP(=O)(O)CCCCc1ccccc1. The maximum Gasteiger partial charge on any atom is 0.524 e. The van der Waals surface area contributed by atoms with Crippen molar-refractivity contribution < 1.29 is 42.3 Å². The molecule has 248 valence electrons. The Hall–Kier alpha value is -3.04. The number of ether oxygens (including phenoxy) is 2. The fraction of sp³-hybridized carbons (Fsp3) is 0.559. The molecule has 0 saturated carbocycles. The van der Waals surface area contributed by atoms with Crippen molar-refractivity contribution in [1.29, 1.82) is 0 Å². The number of carbonyl (C=O) groups excluding carboxylic acids is 3. The van der Waals surface area contributed by atoms with Crippen molar-refractivity contribution in [3.8, 4) is 0 Å². The highest BCUT2D eigenvalue weighted by Gasteiger charge is 2.57. The zero-order chi connectivity index (χ0) is 32.9. The molecule has 11 heteroatoms. The summed E-state index contributed by atoms with van der Waals surface area (Å²) in [5, 5.41) is 2.69. The lowest BCUT2D eigenvalue weighted by Crippen LogP contribution is -2.62. The average Bonchev–Trinajstić information content (AvgIpc) is 3.39. The standard InChI is InChI=1S/C34H49N2O8P/c1-27-16-15-24-36(27,33(39)42-26-29-20-9-6-10-21-29)31(37)30(22-11-13-23-35-32(38)43-34(2,3)4)44-45(40,41)25-14-12-19-28-17-7-5-8-18-28/h5-10,17-18,20-21,27,30H,11-16,19,22-26H2,1-4H3,(H-,35,38,40,41)/p+1/t27?,30?,36-/m0/s1. The van der Waals surface area contributed by atoms with E-state index < -0.39 is 41.9 Å². The molecule has 10 nitrogen and oxygen atoms in total. The first-order valence-corrected chi connectivity index (χ1v) is 17.7. The predicted molar refractivity (Wildman–Crippen MR) is 172 cm³/mol. The molecule has 45 heavy (non-hydrogen) atoms. The first-order chi connectivity index (χ1) is 21.3. The third-order valence-electron chi connectivity index (χ3n) is 7.94. The van der Waals surface area contributed by atoms with Crippen LogP contribution in [0.25, 0.3) is 0 Å². The summed E-state index contributed by atoms with van der Waals surface area (Å²) in [5.41, 5.74) is 1.31. The largest absolute Gasteiger partial charge is 0.524 e. The number of rotatable bonds is 15. The number of hydrogen-bond acceptors (Lipinski definition) is 7. The topological polar surface area (TPSA) is 128 Å². The molecule has 1 aliphatic rings. The summed E-state index contributed by atoms with van der Waals surface area (Å²) in [6.45, 7) is 7.70. The number of aryl methyl sites for hydroxylation is 1. The quantitative estimate of drug-likeness (QED) is 0.119. The fourth-order valence-corrected chi connectivity index (χ4v) is 6.90. The van der Waals surface area contributed by atoms with Crippen molar-refractivity contribution in [1.82, 2.24) is 5.32 Å². The van der Waals surface area contributed by atoms with Gasteiger partial charge in [-0.05, 0) is 77.3 Å². The highest BCUT2D eigenvalue weighted by atomic mass is 31.2. The lowest BCUT2D eigenvalue weighted by atomic mass is 10.1. The van der Waals surface area contributed by atoms with Gasteiger partial charge in [0.2, 0.25) is 0 Å². The summed E-state index contributed by atoms with van der Waals surface area (Å²) in [6, 6.07) is 18.7. The zero-order valence-electron chi connectivity index (χ0n) is 27.1. The number of hydrogen-bond donors (Lipinski definition) is 2. The molecule has 0 aromatic heterocycles. The molecule has 0 bridgehead atoms. The van der Waals surface area contributed by atoms with Gasteiger partial charge in [0.25, 0.3) is 0 Å². The lowest BCUT2D eigenvalue weighted by Gasteiger charge is -2.34. The van der Waals surface area contributed by atoms with E-state index in [0.717, 1.165) is 17.5 Å². The Morgan fingerprint density at radius 1 is 0.978 bits per heavy atom. The normalized spacial score (nSPS) is 20.2. The van der Waals surface area contributed by atoms with Crippen LogP contribution in [0.1, 0.15) is 83.8 Å². The van der Waals surface area contributed by atoms with Crippen LogP contribution in [0.4, 0.5) is 9.59 Å². The highest BCUT2D eigenvalue weighted by Crippen LogP contribution is 2.46. The van der Waals surface area contributed by atoms with Crippen LogP contribution >= 0.6 is 7.60 Å². The lowest BCUT2D eigenvalue weighted by molar-refractivity contribution is -0.794. The van der Waals surface area contributed by atoms with Crippen LogP contribution in [-0.4, -0.2) is 64.5 Å². The number of carbonyl (C=O) groups is 3. The Morgan fingerprint density at radius 2 is 1.62 bits per heavy atom. The molecule has 3 unspecified atom stereocenters. The highest BCUT2D eigenvalue weighted by molar-refractivity contribution is 7.52. The molecule has 1 saturated heterocycles. The second-order valence-corrected chi connectivity index (χ2v) is 14.7. The van der Waals surface area contributed by atoms with Gasteiger partial charge in [-0.2, -0.15) is 9.28 Å². The number of imide groups is 1. The molecule has 4 atom stereocenters. The summed E-state index contributed by atoms with van der Waals surface area (Å²) in [6.07, 6.45) is 1.56. The maximum absolute atomic E-state index is 14.3. The monoisotopic (exact) mass is 645 g/mol. The van der Waals surface area contributed by atoms with Gasteiger partial charge in [-0.3, -0.25) is 9.09 Å². The van der Waals surface area contributed by atoms with E-state index in [-0.39, 0.29) is 31.8 Å². The zero-order valence-corrected chi connectivity index (χ0v) is 28.0. The van der Waals surface area contributed by atoms with Crippen molar-refractivity contribution in [2.45, 2.75) is 103 Å². The third-order valence-corrected chi connectivity index (χ3v) is 9.40. The molecule has 0 radical (unpaired) electrons. The van der Waals surface area contributed by atoms with E-state index in [0.29, 0.717) is 45.1 Å². The van der Waals surface area contributed by atoms with Gasteiger partial charge < -0.3 is 19.7 Å². The molecule has 0 aliphatic carbocycles. The van der Waals surface area contributed by atoms with Crippen molar-refractivity contribution >= 4 is 25.7 Å². The number of benzene rings is 2. The average molecular weight is 646 g/mol. The molecule has 1 aliphatic heterocycles. The van der Waals surface area contributed by atoms with Crippen LogP contribution in [0.15, 0.2) is 60.7 Å². The van der Waals surface area contributed by atoms with Crippen LogP contribution in [0.2, 0.25) is 0 Å². The minimum atomic E-state index is -4.17. The summed E-state index contributed by atoms with van der Waals surface area (Å²) >= 11 is 0. The fourth-order valence-electron chi connectivity index (χ4n) is 5.57. The minimum Gasteiger partial charge on any atom is -0.444 e. The molecule has 0 spiro atoms. The maximum atomic E-state index is 14.3. The summed E-state index contributed by atoms with van der Waals surface area (Å²) < 4.78 is 29.5. The van der Waals surface area contributed by atoms with Gasteiger partial charge in [-0.25, -0.2) is 9.59 Å². The number of unbranched alkanes of at least 4 members (excludes halogenated alkanes) is 2. The third kappa shape index (κ3) is 11.7. The van der Waals surface area contributed by atoms with E-state index in [1.54, 1.807) is 20.8 Å². The van der Waals surface area contributed by atoms with Gasteiger partial charge in [0.1, 0.15) is 18.2 Å². The van der Waals surface area contributed by atoms with Crippen molar-refractivity contribution in [3.05, 3.63) is 71.8 Å². The van der Waals surface area contributed by atoms with Crippen molar-refractivity contribution in [3.63, 3.8) is 0 Å². The Bertz CT molecular complexity index is 1280. The van der Waals surface area contributed by atoms with Crippen LogP contribution < -0.4 is 5.32 Å². The number of amides is 3. The number of quaternary nitrogens is 1. The summed E-state index contributed by atoms with van der Waals surface area (Å²) in [5.74, 6) is -0.559. The Labute approximate surface area is 267 Å². The first kappa shape index (κ1) is 36.4. The second kappa shape index (κ2) is 17.0. The van der Waals surface area contributed by atoms with E-state index in [9.17, 15) is 23.8 Å². The Kier molecular flexibility index (Phi) is 13.8. The Morgan fingerprint density at radius 3 is 2.22 bits per heavy atom. The van der Waals surface area contributed by atoms with Gasteiger partial charge >= 0.3 is 25.7 Å². The summed E-state index contributed by atoms with van der Waals surface area (Å²) in [7, 11) is -4.17. The molecule has 2 aromatic rings. The van der Waals surface area contributed by atoms with E-state index in [2.05, 4.69) is 5.32 Å². The van der Waals surface area contributed by atoms with Gasteiger partial charge in [-0.15, -0.1) is 0 Å².